The fourth-order valence-electron chi connectivity index (χ4n) is 1.76. The number of amides is 1. The Morgan fingerprint density at radius 1 is 1.33 bits per heavy atom. The van der Waals surface area contributed by atoms with Gasteiger partial charge in [-0.1, -0.05) is 12.1 Å². The molecule has 116 valence electrons. The Morgan fingerprint density at radius 3 is 2.48 bits per heavy atom. The number of phenolic OH excluding ortho intramolecular Hbond substituents is 1. The van der Waals surface area contributed by atoms with Gasteiger partial charge >= 0.3 is 5.97 Å². The number of aliphatic carboxylic acids is 1. The number of carboxylic acids is 1. The number of aromatic hydroxyl groups is 1. The van der Waals surface area contributed by atoms with E-state index < -0.39 is 18.1 Å². The van der Waals surface area contributed by atoms with Crippen molar-refractivity contribution in [1.82, 2.24) is 5.32 Å². The van der Waals surface area contributed by atoms with Crippen LogP contribution in [0.1, 0.15) is 12.0 Å². The van der Waals surface area contributed by atoms with E-state index in [1.165, 1.54) is 19.2 Å². The number of nitrogens with one attached hydrogen (secondary N) is 1. The van der Waals surface area contributed by atoms with Crippen LogP contribution in [0.15, 0.2) is 24.3 Å². The molecule has 0 aliphatic heterocycles. The van der Waals surface area contributed by atoms with Crippen molar-refractivity contribution in [3.8, 4) is 5.75 Å². The van der Waals surface area contributed by atoms with E-state index in [1.807, 2.05) is 0 Å². The molecule has 1 rings (SSSR count). The number of ether oxygens (including phenoxy) is 1. The van der Waals surface area contributed by atoms with Gasteiger partial charge in [-0.05, 0) is 24.1 Å². The van der Waals surface area contributed by atoms with Crippen LogP contribution in [-0.4, -0.2) is 47.9 Å². The number of carbonyl (C=O) groups excluding carboxylic acids is 1. The van der Waals surface area contributed by atoms with E-state index in [0.29, 0.717) is 6.42 Å². The third-order valence-electron chi connectivity index (χ3n) is 2.97. The maximum Gasteiger partial charge on any atom is 0.306 e. The molecular weight excluding hydrogens is 276 g/mol. The first-order chi connectivity index (χ1) is 9.92. The van der Waals surface area contributed by atoms with E-state index in [9.17, 15) is 14.7 Å². The molecule has 2 unspecified atom stereocenters. The quantitative estimate of drug-likeness (QED) is 0.530. The first kappa shape index (κ1) is 16.9. The topological polar surface area (TPSA) is 122 Å². The van der Waals surface area contributed by atoms with Crippen LogP contribution in [0, 0.1) is 0 Å². The van der Waals surface area contributed by atoms with Crippen LogP contribution >= 0.6 is 0 Å². The molecule has 0 aliphatic rings. The summed E-state index contributed by atoms with van der Waals surface area (Å²) in [4.78, 5) is 22.4. The smallest absolute Gasteiger partial charge is 0.306 e. The summed E-state index contributed by atoms with van der Waals surface area (Å²) in [5, 5.41) is 20.4. The zero-order valence-electron chi connectivity index (χ0n) is 11.8. The number of phenols is 1. The Morgan fingerprint density at radius 2 is 1.95 bits per heavy atom. The van der Waals surface area contributed by atoms with Gasteiger partial charge in [0.2, 0.25) is 5.91 Å². The van der Waals surface area contributed by atoms with Crippen LogP contribution in [0.25, 0.3) is 0 Å². The molecule has 0 heterocycles. The van der Waals surface area contributed by atoms with E-state index in [-0.39, 0.29) is 24.6 Å². The summed E-state index contributed by atoms with van der Waals surface area (Å²) < 4.78 is 4.96. The number of benzene rings is 1. The highest BCUT2D eigenvalue weighted by Gasteiger charge is 2.17. The van der Waals surface area contributed by atoms with Crippen molar-refractivity contribution in [1.29, 1.82) is 0 Å². The van der Waals surface area contributed by atoms with Gasteiger partial charge in [0.05, 0.1) is 18.6 Å². The predicted octanol–water partition coefficient (Wildman–Crippen LogP) is -0.132. The molecule has 5 N–H and O–H groups in total. The van der Waals surface area contributed by atoms with Crippen LogP contribution in [0.5, 0.6) is 5.75 Å². The monoisotopic (exact) mass is 296 g/mol. The Balaban J connectivity index is 2.43. The molecule has 0 fully saturated rings. The van der Waals surface area contributed by atoms with Gasteiger partial charge in [-0.3, -0.25) is 9.59 Å². The third kappa shape index (κ3) is 6.24. The molecule has 0 aliphatic carbocycles. The third-order valence-corrected chi connectivity index (χ3v) is 2.97. The summed E-state index contributed by atoms with van der Waals surface area (Å²) in [6.45, 7) is 0.0882. The summed E-state index contributed by atoms with van der Waals surface area (Å²) in [5.74, 6) is -1.23. The lowest BCUT2D eigenvalue weighted by Crippen LogP contribution is -2.45. The van der Waals surface area contributed by atoms with Crippen LogP contribution in [-0.2, 0) is 20.7 Å². The Labute approximate surface area is 122 Å². The van der Waals surface area contributed by atoms with E-state index in [4.69, 9.17) is 15.6 Å². The summed E-state index contributed by atoms with van der Waals surface area (Å²) in [6.07, 6.45) is -0.459. The van der Waals surface area contributed by atoms with Crippen LogP contribution in [0.4, 0.5) is 0 Å². The summed E-state index contributed by atoms with van der Waals surface area (Å²) in [7, 11) is 1.39. The van der Waals surface area contributed by atoms with Crippen molar-refractivity contribution in [2.75, 3.05) is 13.7 Å². The van der Waals surface area contributed by atoms with Crippen molar-refractivity contribution in [3.63, 3.8) is 0 Å². The molecule has 0 aromatic heterocycles. The average Bonchev–Trinajstić information content (AvgIpc) is 2.45. The molecule has 1 amide bonds. The van der Waals surface area contributed by atoms with Gasteiger partial charge in [0.15, 0.2) is 0 Å². The standard InChI is InChI=1S/C14H20N2O5/c1-21-11(7-13(18)19)8-16-14(20)12(15)6-9-2-4-10(17)5-3-9/h2-5,11-12,17H,6-8,15H2,1H3,(H,16,20)(H,18,19). The second kappa shape index (κ2) is 8.23. The highest BCUT2D eigenvalue weighted by Crippen LogP contribution is 2.10. The van der Waals surface area contributed by atoms with Gasteiger partial charge in [-0.25, -0.2) is 0 Å². The highest BCUT2D eigenvalue weighted by molar-refractivity contribution is 5.81. The molecule has 0 radical (unpaired) electrons. The maximum absolute atomic E-state index is 11.8. The zero-order chi connectivity index (χ0) is 15.8. The molecule has 21 heavy (non-hydrogen) atoms. The maximum atomic E-state index is 11.8. The molecule has 7 heteroatoms. The van der Waals surface area contributed by atoms with E-state index in [2.05, 4.69) is 5.32 Å². The second-order valence-electron chi connectivity index (χ2n) is 4.68. The lowest BCUT2D eigenvalue weighted by atomic mass is 10.1. The van der Waals surface area contributed by atoms with E-state index >= 15 is 0 Å². The lowest BCUT2D eigenvalue weighted by molar-refractivity contribution is -0.140. The number of carbonyl (C=O) groups is 2. The highest BCUT2D eigenvalue weighted by atomic mass is 16.5. The van der Waals surface area contributed by atoms with E-state index in [1.54, 1.807) is 12.1 Å². The zero-order valence-corrected chi connectivity index (χ0v) is 11.8. The van der Waals surface area contributed by atoms with Crippen LogP contribution in [0.3, 0.4) is 0 Å². The molecule has 2 atom stereocenters. The number of hydrogen-bond donors (Lipinski definition) is 4. The molecule has 0 spiro atoms. The van der Waals surface area contributed by atoms with Crippen LogP contribution < -0.4 is 11.1 Å². The van der Waals surface area contributed by atoms with Crippen molar-refractivity contribution in [2.45, 2.75) is 25.0 Å². The number of rotatable bonds is 8. The first-order valence-corrected chi connectivity index (χ1v) is 6.48. The number of nitrogens with two attached hydrogens (primary N) is 1. The molecule has 0 saturated heterocycles. The second-order valence-corrected chi connectivity index (χ2v) is 4.68. The van der Waals surface area contributed by atoms with Gasteiger partial charge in [-0.2, -0.15) is 0 Å². The van der Waals surface area contributed by atoms with Crippen molar-refractivity contribution in [3.05, 3.63) is 29.8 Å². The van der Waals surface area contributed by atoms with Gasteiger partial charge in [0.1, 0.15) is 5.75 Å². The molecule has 0 bridgehead atoms. The Kier molecular flexibility index (Phi) is 6.64. The fourth-order valence-corrected chi connectivity index (χ4v) is 1.76. The normalized spacial score (nSPS) is 13.4. The van der Waals surface area contributed by atoms with Gasteiger partial charge in [0.25, 0.3) is 0 Å². The fraction of sp³-hybridized carbons (Fsp3) is 0.429. The molecular formula is C14H20N2O5. The van der Waals surface area contributed by atoms with Gasteiger partial charge in [-0.15, -0.1) is 0 Å². The summed E-state index contributed by atoms with van der Waals surface area (Å²) in [5.41, 5.74) is 6.61. The SMILES string of the molecule is COC(CNC(=O)C(N)Cc1ccc(O)cc1)CC(=O)O. The first-order valence-electron chi connectivity index (χ1n) is 6.48. The largest absolute Gasteiger partial charge is 0.508 e. The van der Waals surface area contributed by atoms with Crippen molar-refractivity contribution < 1.29 is 24.5 Å². The average molecular weight is 296 g/mol. The Hall–Kier alpha value is -2.12. The lowest BCUT2D eigenvalue weighted by Gasteiger charge is -2.16. The van der Waals surface area contributed by atoms with Gasteiger partial charge in [0, 0.05) is 13.7 Å². The predicted molar refractivity (Wildman–Crippen MR) is 75.8 cm³/mol. The molecule has 1 aromatic carbocycles. The summed E-state index contributed by atoms with van der Waals surface area (Å²) in [6, 6.07) is 5.66. The molecule has 7 nitrogen and oxygen atoms in total. The Bertz CT molecular complexity index is 475. The minimum atomic E-state index is -0.996. The van der Waals surface area contributed by atoms with Gasteiger partial charge < -0.3 is 26.0 Å². The van der Waals surface area contributed by atoms with Crippen molar-refractivity contribution in [2.24, 2.45) is 5.73 Å². The minimum Gasteiger partial charge on any atom is -0.508 e. The van der Waals surface area contributed by atoms with Crippen molar-refractivity contribution >= 4 is 11.9 Å². The number of carboxylic acid groups (broad SMARTS) is 1. The minimum absolute atomic E-state index is 0.0882. The number of hydrogen-bond acceptors (Lipinski definition) is 5. The molecule has 0 saturated carbocycles. The number of methoxy groups -OCH3 is 1. The molecule has 1 aromatic rings. The van der Waals surface area contributed by atoms with E-state index in [0.717, 1.165) is 5.56 Å². The van der Waals surface area contributed by atoms with Crippen LogP contribution in [0.2, 0.25) is 0 Å². The summed E-state index contributed by atoms with van der Waals surface area (Å²) >= 11 is 0.